The molecule has 0 saturated heterocycles. The summed E-state index contributed by atoms with van der Waals surface area (Å²) in [7, 11) is 1.75. The van der Waals surface area contributed by atoms with E-state index in [4.69, 9.17) is 58.0 Å². The third-order valence-corrected chi connectivity index (χ3v) is 7.33. The fourth-order valence-electron chi connectivity index (χ4n) is 3.79. The van der Waals surface area contributed by atoms with E-state index in [9.17, 15) is 9.59 Å². The molecule has 4 rings (SSSR count). The van der Waals surface area contributed by atoms with E-state index in [-0.39, 0.29) is 11.8 Å². The van der Waals surface area contributed by atoms with E-state index >= 15 is 0 Å². The Balaban J connectivity index is 1.50. The number of anilines is 1. The van der Waals surface area contributed by atoms with Gasteiger partial charge < -0.3 is 10.2 Å². The number of hydrogen-bond acceptors (Lipinski definition) is 2. The van der Waals surface area contributed by atoms with Crippen molar-refractivity contribution in [2.45, 2.75) is 23.1 Å². The third kappa shape index (κ3) is 4.94. The molecule has 2 saturated carbocycles. The Morgan fingerprint density at radius 2 is 1.71 bits per heavy atom. The predicted molar refractivity (Wildman–Crippen MR) is 127 cm³/mol. The second-order valence-corrected chi connectivity index (χ2v) is 10.9. The summed E-state index contributed by atoms with van der Waals surface area (Å²) in [6.45, 7) is 0.693. The van der Waals surface area contributed by atoms with E-state index in [1.165, 1.54) is 0 Å². The van der Waals surface area contributed by atoms with Gasteiger partial charge in [-0.1, -0.05) is 34.8 Å². The standard InChI is InChI=1S/C22H19Cl5N2O2/c1-29(10-11-2-3-11)21(31)16-9-15(4-5-17(16)25)28-20(30)19-18(22(19,26)27)12-6-13(23)8-14(24)7-12/h4-9,11,18-19H,2-3,10H2,1H3,(H,28,30)/t18-,19+/m0/s1. The van der Waals surface area contributed by atoms with E-state index in [0.29, 0.717) is 44.3 Å². The first-order valence-corrected chi connectivity index (χ1v) is 11.7. The summed E-state index contributed by atoms with van der Waals surface area (Å²) >= 11 is 31.2. The number of carbonyl (C=O) groups excluding carboxylic acids is 2. The molecule has 2 aliphatic carbocycles. The van der Waals surface area contributed by atoms with E-state index in [2.05, 4.69) is 5.32 Å². The van der Waals surface area contributed by atoms with Gasteiger partial charge in [-0.25, -0.2) is 0 Å². The predicted octanol–water partition coefficient (Wildman–Crippen LogP) is 6.65. The number of nitrogens with one attached hydrogen (secondary N) is 1. The molecule has 0 bridgehead atoms. The maximum absolute atomic E-state index is 12.9. The molecule has 2 aliphatic rings. The summed E-state index contributed by atoms with van der Waals surface area (Å²) in [5, 5.41) is 4.00. The van der Waals surface area contributed by atoms with E-state index < -0.39 is 16.2 Å². The first-order chi connectivity index (χ1) is 14.6. The zero-order valence-electron chi connectivity index (χ0n) is 16.5. The molecular weight excluding hydrogens is 502 g/mol. The second-order valence-electron chi connectivity index (χ2n) is 8.15. The van der Waals surface area contributed by atoms with Gasteiger partial charge in [0.05, 0.1) is 16.5 Å². The van der Waals surface area contributed by atoms with Crippen molar-refractivity contribution in [3.8, 4) is 0 Å². The molecule has 164 valence electrons. The van der Waals surface area contributed by atoms with Crippen LogP contribution >= 0.6 is 58.0 Å². The Bertz CT molecular complexity index is 1030. The number of carbonyl (C=O) groups is 2. The van der Waals surface area contributed by atoms with Crippen molar-refractivity contribution in [3.05, 3.63) is 62.6 Å². The van der Waals surface area contributed by atoms with Gasteiger partial charge in [0, 0.05) is 35.2 Å². The highest BCUT2D eigenvalue weighted by Crippen LogP contribution is 2.65. The van der Waals surface area contributed by atoms with Crippen molar-refractivity contribution in [1.82, 2.24) is 4.90 Å². The van der Waals surface area contributed by atoms with Crippen LogP contribution in [0.2, 0.25) is 15.1 Å². The van der Waals surface area contributed by atoms with Crippen molar-refractivity contribution in [3.63, 3.8) is 0 Å². The molecule has 2 amide bonds. The summed E-state index contributed by atoms with van der Waals surface area (Å²) in [4.78, 5) is 27.4. The number of rotatable bonds is 6. The summed E-state index contributed by atoms with van der Waals surface area (Å²) in [6, 6.07) is 9.78. The number of amides is 2. The molecule has 0 aliphatic heterocycles. The van der Waals surface area contributed by atoms with Crippen LogP contribution in [0, 0.1) is 11.8 Å². The third-order valence-electron chi connectivity index (χ3n) is 5.62. The molecule has 31 heavy (non-hydrogen) atoms. The number of alkyl halides is 2. The van der Waals surface area contributed by atoms with Crippen LogP contribution in [-0.4, -0.2) is 34.6 Å². The Morgan fingerprint density at radius 1 is 1.06 bits per heavy atom. The SMILES string of the molecule is CN(CC1CC1)C(=O)c1cc(NC(=O)[C@H]2[C@H](c3cc(Cl)cc(Cl)c3)C2(Cl)Cl)ccc1Cl. The van der Waals surface area contributed by atoms with Crippen LogP contribution in [-0.2, 0) is 4.79 Å². The van der Waals surface area contributed by atoms with Gasteiger partial charge >= 0.3 is 0 Å². The quantitative estimate of drug-likeness (QED) is 0.433. The van der Waals surface area contributed by atoms with Crippen LogP contribution in [0.3, 0.4) is 0 Å². The Hall–Kier alpha value is -1.17. The smallest absolute Gasteiger partial charge is 0.255 e. The van der Waals surface area contributed by atoms with E-state index in [1.807, 2.05) is 0 Å². The highest BCUT2D eigenvalue weighted by atomic mass is 35.5. The van der Waals surface area contributed by atoms with Crippen LogP contribution in [0.25, 0.3) is 0 Å². The molecule has 0 spiro atoms. The lowest BCUT2D eigenvalue weighted by atomic mass is 10.1. The van der Waals surface area contributed by atoms with Crippen molar-refractivity contribution < 1.29 is 9.59 Å². The average Bonchev–Trinajstić information content (AvgIpc) is 3.58. The monoisotopic (exact) mass is 518 g/mol. The Labute approximate surface area is 205 Å². The van der Waals surface area contributed by atoms with Crippen LogP contribution in [0.1, 0.15) is 34.7 Å². The van der Waals surface area contributed by atoms with Crippen molar-refractivity contribution in [2.75, 3.05) is 18.9 Å². The van der Waals surface area contributed by atoms with Gasteiger partial charge in [0.2, 0.25) is 5.91 Å². The minimum atomic E-state index is -1.28. The lowest BCUT2D eigenvalue weighted by Crippen LogP contribution is -2.29. The molecule has 0 radical (unpaired) electrons. The van der Waals surface area contributed by atoms with E-state index in [1.54, 1.807) is 48.3 Å². The molecule has 2 atom stereocenters. The summed E-state index contributed by atoms with van der Waals surface area (Å²) < 4.78 is -1.28. The maximum Gasteiger partial charge on any atom is 0.255 e. The first kappa shape index (κ1) is 23.0. The van der Waals surface area contributed by atoms with Crippen LogP contribution in [0.4, 0.5) is 5.69 Å². The fourth-order valence-corrected chi connectivity index (χ4v) is 5.36. The molecule has 4 nitrogen and oxygen atoms in total. The second kappa shape index (κ2) is 8.64. The summed E-state index contributed by atoms with van der Waals surface area (Å²) in [5.74, 6) is -1.14. The summed E-state index contributed by atoms with van der Waals surface area (Å²) in [6.07, 6.45) is 2.28. The van der Waals surface area contributed by atoms with Crippen LogP contribution < -0.4 is 5.32 Å². The minimum Gasteiger partial charge on any atom is -0.341 e. The lowest BCUT2D eigenvalue weighted by Gasteiger charge is -2.18. The number of nitrogens with zero attached hydrogens (tertiary/aromatic N) is 1. The maximum atomic E-state index is 12.9. The van der Waals surface area contributed by atoms with Gasteiger partial charge in [0.1, 0.15) is 4.33 Å². The van der Waals surface area contributed by atoms with Crippen molar-refractivity contribution in [2.24, 2.45) is 11.8 Å². The van der Waals surface area contributed by atoms with Crippen LogP contribution in [0.15, 0.2) is 36.4 Å². The zero-order valence-corrected chi connectivity index (χ0v) is 20.3. The highest BCUT2D eigenvalue weighted by molar-refractivity contribution is 6.53. The average molecular weight is 521 g/mol. The number of hydrogen-bond donors (Lipinski definition) is 1. The Kier molecular flexibility index (Phi) is 6.41. The van der Waals surface area contributed by atoms with Gasteiger partial charge in [-0.05, 0) is 60.7 Å². The van der Waals surface area contributed by atoms with Gasteiger partial charge in [0.15, 0.2) is 0 Å². The minimum absolute atomic E-state index is 0.185. The Morgan fingerprint density at radius 3 is 2.32 bits per heavy atom. The van der Waals surface area contributed by atoms with E-state index in [0.717, 1.165) is 12.8 Å². The van der Waals surface area contributed by atoms with Gasteiger partial charge in [-0.2, -0.15) is 0 Å². The molecule has 0 aromatic heterocycles. The van der Waals surface area contributed by atoms with Crippen molar-refractivity contribution in [1.29, 1.82) is 0 Å². The summed E-state index contributed by atoms with van der Waals surface area (Å²) in [5.41, 5.74) is 1.47. The van der Waals surface area contributed by atoms with Gasteiger partial charge in [0.25, 0.3) is 5.91 Å². The number of benzene rings is 2. The molecule has 1 N–H and O–H groups in total. The molecule has 0 unspecified atom stereocenters. The first-order valence-electron chi connectivity index (χ1n) is 9.77. The van der Waals surface area contributed by atoms with Crippen molar-refractivity contribution >= 4 is 75.5 Å². The van der Waals surface area contributed by atoms with Gasteiger partial charge in [-0.3, -0.25) is 9.59 Å². The zero-order chi connectivity index (χ0) is 22.5. The molecular formula is C22H19Cl5N2O2. The molecule has 9 heteroatoms. The highest BCUT2D eigenvalue weighted by Gasteiger charge is 2.67. The molecule has 0 heterocycles. The number of halogens is 5. The van der Waals surface area contributed by atoms with Gasteiger partial charge in [-0.15, -0.1) is 23.2 Å². The largest absolute Gasteiger partial charge is 0.341 e. The molecule has 2 fully saturated rings. The van der Waals surface area contributed by atoms with Crippen LogP contribution in [0.5, 0.6) is 0 Å². The molecule has 2 aromatic rings. The topological polar surface area (TPSA) is 49.4 Å². The fraction of sp³-hybridized carbons (Fsp3) is 0.364. The molecule has 2 aromatic carbocycles. The normalized spacial score (nSPS) is 21.5. The lowest BCUT2D eigenvalue weighted by molar-refractivity contribution is -0.117.